The quantitative estimate of drug-likeness (QED) is 0.345. The number of Topliss-reactive ketones (excluding diaryl/α,β-unsaturated/α-hetero) is 1. The summed E-state index contributed by atoms with van der Waals surface area (Å²) in [6.07, 6.45) is 5.73. The highest BCUT2D eigenvalue weighted by Crippen LogP contribution is 2.25. The number of ether oxygens (including phenoxy) is 1. The van der Waals surface area contributed by atoms with Gasteiger partial charge >= 0.3 is 11.9 Å². The van der Waals surface area contributed by atoms with E-state index in [1.807, 2.05) is 0 Å². The number of hydrogen-bond donors (Lipinski definition) is 2. The van der Waals surface area contributed by atoms with Crippen LogP contribution in [0.4, 0.5) is 0 Å². The first-order valence-corrected chi connectivity index (χ1v) is 7.86. The highest BCUT2D eigenvalue weighted by molar-refractivity contribution is 6.19. The molecule has 0 radical (unpaired) electrons. The summed E-state index contributed by atoms with van der Waals surface area (Å²) < 4.78 is 4.73. The fourth-order valence-electron chi connectivity index (χ4n) is 2.43. The largest absolute Gasteiger partial charge is 0.507 e. The van der Waals surface area contributed by atoms with E-state index < -0.39 is 36.0 Å². The van der Waals surface area contributed by atoms with Crippen LogP contribution in [0.5, 0.6) is 0 Å². The number of aliphatic hydroxyl groups is 1. The first-order chi connectivity index (χ1) is 10.5. The highest BCUT2D eigenvalue weighted by atomic mass is 16.6. The van der Waals surface area contributed by atoms with E-state index in [2.05, 4.69) is 6.92 Å². The summed E-state index contributed by atoms with van der Waals surface area (Å²) in [6, 6.07) is 0. The van der Waals surface area contributed by atoms with Crippen LogP contribution < -0.4 is 0 Å². The Morgan fingerprint density at radius 1 is 1.09 bits per heavy atom. The number of carbonyl (C=O) groups excluding carboxylic acids is 2. The van der Waals surface area contributed by atoms with Crippen molar-refractivity contribution in [2.24, 2.45) is 0 Å². The number of carboxylic acid groups (broad SMARTS) is 1. The van der Waals surface area contributed by atoms with Crippen LogP contribution in [0.1, 0.15) is 64.7 Å². The van der Waals surface area contributed by atoms with Crippen molar-refractivity contribution in [1.29, 1.82) is 0 Å². The van der Waals surface area contributed by atoms with Crippen LogP contribution in [0.25, 0.3) is 0 Å². The van der Waals surface area contributed by atoms with Crippen LogP contribution in [-0.2, 0) is 19.1 Å². The van der Waals surface area contributed by atoms with Gasteiger partial charge in [0.1, 0.15) is 5.57 Å². The molecular formula is C16H24O6. The van der Waals surface area contributed by atoms with Gasteiger partial charge in [-0.25, -0.2) is 4.79 Å². The average molecular weight is 312 g/mol. The average Bonchev–Trinajstić information content (AvgIpc) is 2.71. The van der Waals surface area contributed by atoms with E-state index in [-0.39, 0.29) is 12.0 Å². The van der Waals surface area contributed by atoms with Crippen LogP contribution in [0.15, 0.2) is 11.3 Å². The van der Waals surface area contributed by atoms with Gasteiger partial charge in [-0.3, -0.25) is 9.59 Å². The lowest BCUT2D eigenvalue weighted by molar-refractivity contribution is -0.145. The van der Waals surface area contributed by atoms with Gasteiger partial charge in [0.25, 0.3) is 0 Å². The molecule has 1 aliphatic rings. The lowest BCUT2D eigenvalue weighted by Gasteiger charge is -2.05. The molecule has 2 N–H and O–H groups in total. The fraction of sp³-hybridized carbons (Fsp3) is 0.688. The number of carbonyl (C=O) groups is 3. The molecule has 0 saturated heterocycles. The molecule has 1 aliphatic heterocycles. The normalized spacial score (nSPS) is 17.7. The number of aliphatic carboxylic acids is 1. The fourth-order valence-corrected chi connectivity index (χ4v) is 2.43. The Hall–Kier alpha value is -1.85. The number of cyclic esters (lactones) is 1. The van der Waals surface area contributed by atoms with Crippen molar-refractivity contribution in [2.75, 3.05) is 0 Å². The molecule has 0 bridgehead atoms. The zero-order valence-corrected chi connectivity index (χ0v) is 13.0. The number of hydrogen-bond acceptors (Lipinski definition) is 5. The number of aliphatic hydroxyl groups excluding tert-OH is 1. The molecule has 1 rings (SSSR count). The molecule has 6 heteroatoms. The third-order valence-corrected chi connectivity index (χ3v) is 3.66. The van der Waals surface area contributed by atoms with Gasteiger partial charge in [0.05, 0.1) is 6.42 Å². The van der Waals surface area contributed by atoms with E-state index in [0.717, 1.165) is 19.3 Å². The standard InChI is InChI=1S/C16H24O6/c1-2-3-4-5-6-7-8-9-11(17)14-15(20)12(10-13(18)19)22-16(14)21/h12,20H,2-10H2,1H3,(H,18,19). The van der Waals surface area contributed by atoms with Gasteiger partial charge in [0.15, 0.2) is 17.6 Å². The van der Waals surface area contributed by atoms with Gasteiger partial charge in [0, 0.05) is 6.42 Å². The van der Waals surface area contributed by atoms with E-state index >= 15 is 0 Å². The molecule has 1 unspecified atom stereocenters. The molecule has 0 aliphatic carbocycles. The van der Waals surface area contributed by atoms with Crippen molar-refractivity contribution >= 4 is 17.7 Å². The maximum atomic E-state index is 12.0. The SMILES string of the molecule is CCCCCCCCCC(=O)C1=C(O)C(CC(=O)O)OC1=O. The second-order valence-corrected chi connectivity index (χ2v) is 5.55. The Labute approximate surface area is 130 Å². The van der Waals surface area contributed by atoms with Crippen LogP contribution in [0, 0.1) is 0 Å². The molecular weight excluding hydrogens is 288 g/mol. The number of esters is 1. The van der Waals surface area contributed by atoms with Gasteiger partial charge in [0.2, 0.25) is 0 Å². The summed E-state index contributed by atoms with van der Waals surface area (Å²) in [6.45, 7) is 2.15. The molecule has 22 heavy (non-hydrogen) atoms. The summed E-state index contributed by atoms with van der Waals surface area (Å²) in [7, 11) is 0. The Morgan fingerprint density at radius 3 is 2.27 bits per heavy atom. The second kappa shape index (κ2) is 9.23. The van der Waals surface area contributed by atoms with Crippen LogP contribution in [0.2, 0.25) is 0 Å². The van der Waals surface area contributed by atoms with E-state index in [4.69, 9.17) is 9.84 Å². The van der Waals surface area contributed by atoms with Gasteiger partial charge in [-0.2, -0.15) is 0 Å². The first-order valence-electron chi connectivity index (χ1n) is 7.86. The molecule has 1 heterocycles. The number of unbranched alkanes of at least 4 members (excludes halogenated alkanes) is 6. The predicted molar refractivity (Wildman–Crippen MR) is 79.4 cm³/mol. The predicted octanol–water partition coefficient (Wildman–Crippen LogP) is 2.91. The molecule has 124 valence electrons. The van der Waals surface area contributed by atoms with Crippen molar-refractivity contribution in [3.8, 4) is 0 Å². The maximum absolute atomic E-state index is 12.0. The highest BCUT2D eigenvalue weighted by Gasteiger charge is 2.38. The smallest absolute Gasteiger partial charge is 0.346 e. The number of rotatable bonds is 11. The van der Waals surface area contributed by atoms with E-state index in [0.29, 0.717) is 6.42 Å². The second-order valence-electron chi connectivity index (χ2n) is 5.55. The van der Waals surface area contributed by atoms with E-state index in [9.17, 15) is 19.5 Å². The van der Waals surface area contributed by atoms with Crippen molar-refractivity contribution in [1.82, 2.24) is 0 Å². The zero-order chi connectivity index (χ0) is 16.5. The van der Waals surface area contributed by atoms with Crippen LogP contribution >= 0.6 is 0 Å². The lowest BCUT2D eigenvalue weighted by Crippen LogP contribution is -2.16. The Balaban J connectivity index is 2.39. The molecule has 6 nitrogen and oxygen atoms in total. The van der Waals surface area contributed by atoms with Gasteiger partial charge < -0.3 is 14.9 Å². The Kier molecular flexibility index (Phi) is 7.63. The molecule has 0 aromatic carbocycles. The summed E-state index contributed by atoms with van der Waals surface area (Å²) >= 11 is 0. The summed E-state index contributed by atoms with van der Waals surface area (Å²) in [5.41, 5.74) is -0.378. The third-order valence-electron chi connectivity index (χ3n) is 3.66. The number of ketones is 1. The minimum atomic E-state index is -1.24. The van der Waals surface area contributed by atoms with Gasteiger partial charge in [-0.1, -0.05) is 45.4 Å². The summed E-state index contributed by atoms with van der Waals surface area (Å²) in [5, 5.41) is 18.4. The van der Waals surface area contributed by atoms with Crippen molar-refractivity contribution < 1.29 is 29.3 Å². The zero-order valence-electron chi connectivity index (χ0n) is 13.0. The molecule has 1 atom stereocenters. The van der Waals surface area contributed by atoms with Crippen LogP contribution in [-0.4, -0.2) is 34.0 Å². The van der Waals surface area contributed by atoms with Gasteiger partial charge in [-0.05, 0) is 6.42 Å². The maximum Gasteiger partial charge on any atom is 0.346 e. The van der Waals surface area contributed by atoms with E-state index in [1.165, 1.54) is 19.3 Å². The van der Waals surface area contributed by atoms with E-state index in [1.54, 1.807) is 0 Å². The molecule has 0 saturated carbocycles. The van der Waals surface area contributed by atoms with Crippen molar-refractivity contribution in [2.45, 2.75) is 70.8 Å². The Morgan fingerprint density at radius 2 is 1.68 bits per heavy atom. The van der Waals surface area contributed by atoms with Gasteiger partial charge in [-0.15, -0.1) is 0 Å². The third kappa shape index (κ3) is 5.50. The molecule has 0 aromatic heterocycles. The molecule has 0 fully saturated rings. The summed E-state index contributed by atoms with van der Waals surface area (Å²) in [4.78, 5) is 34.1. The van der Waals surface area contributed by atoms with Crippen molar-refractivity contribution in [3.63, 3.8) is 0 Å². The molecule has 0 aromatic rings. The molecule has 0 spiro atoms. The first kappa shape index (κ1) is 18.2. The summed E-state index contributed by atoms with van der Waals surface area (Å²) in [5.74, 6) is -3.13. The topological polar surface area (TPSA) is 101 Å². The number of carboxylic acids is 1. The van der Waals surface area contributed by atoms with Crippen LogP contribution in [0.3, 0.4) is 0 Å². The molecule has 0 amide bonds. The lowest BCUT2D eigenvalue weighted by atomic mass is 10.0. The Bertz CT molecular complexity index is 452. The van der Waals surface area contributed by atoms with Crippen molar-refractivity contribution in [3.05, 3.63) is 11.3 Å². The minimum absolute atomic E-state index is 0.169. The minimum Gasteiger partial charge on any atom is -0.507 e. The monoisotopic (exact) mass is 312 g/mol.